The Morgan fingerprint density at radius 2 is 2.07 bits per heavy atom. The van der Waals surface area contributed by atoms with Crippen molar-refractivity contribution in [1.82, 2.24) is 10.3 Å². The van der Waals surface area contributed by atoms with Crippen LogP contribution in [0.15, 0.2) is 54.7 Å². The summed E-state index contributed by atoms with van der Waals surface area (Å²) in [5.41, 5.74) is 5.08. The van der Waals surface area contributed by atoms with Gasteiger partial charge in [0.15, 0.2) is 0 Å². The quantitative estimate of drug-likeness (QED) is 0.460. The number of aromatic carboxylic acids is 1. The normalized spacial score (nSPS) is 16.4. The summed E-state index contributed by atoms with van der Waals surface area (Å²) in [6.45, 7) is 0.887. The fraction of sp³-hybridized carbons (Fsp3) is 0.320. The molecule has 1 aliphatic heterocycles. The lowest BCUT2D eigenvalue weighted by atomic mass is 9.92. The molecule has 5 heteroatoms. The number of para-hydroxylation sites is 1. The minimum atomic E-state index is -0.883. The number of aromatic amines is 1. The van der Waals surface area contributed by atoms with E-state index >= 15 is 0 Å². The van der Waals surface area contributed by atoms with E-state index in [-0.39, 0.29) is 0 Å². The van der Waals surface area contributed by atoms with Crippen molar-refractivity contribution >= 4 is 22.4 Å². The fourth-order valence-electron chi connectivity index (χ4n) is 4.33. The van der Waals surface area contributed by atoms with Gasteiger partial charge in [0.1, 0.15) is 5.75 Å². The average molecular weight is 405 g/mol. The molecule has 4 rings (SSSR count). The number of hydrogen-bond donors (Lipinski definition) is 3. The lowest BCUT2D eigenvalue weighted by Crippen LogP contribution is -2.32. The van der Waals surface area contributed by atoms with Crippen LogP contribution in [0.3, 0.4) is 0 Å². The molecule has 2 aromatic carbocycles. The second-order valence-electron chi connectivity index (χ2n) is 7.86. The van der Waals surface area contributed by atoms with E-state index in [9.17, 15) is 9.90 Å². The Morgan fingerprint density at radius 1 is 1.20 bits per heavy atom. The molecule has 156 valence electrons. The van der Waals surface area contributed by atoms with Crippen LogP contribution in [0.1, 0.15) is 47.2 Å². The zero-order chi connectivity index (χ0) is 20.9. The van der Waals surface area contributed by atoms with Crippen molar-refractivity contribution in [2.45, 2.75) is 38.1 Å². The van der Waals surface area contributed by atoms with Gasteiger partial charge in [-0.3, -0.25) is 0 Å². The summed E-state index contributed by atoms with van der Waals surface area (Å²) in [5.74, 6) is 0.0517. The Balaban J connectivity index is 1.32. The monoisotopic (exact) mass is 404 g/mol. The van der Waals surface area contributed by atoms with E-state index in [1.54, 1.807) is 19.2 Å². The minimum absolute atomic E-state index is 0.338. The first kappa shape index (κ1) is 20.2. The molecular weight excluding hydrogens is 376 g/mol. The third kappa shape index (κ3) is 4.41. The maximum absolute atomic E-state index is 11.3. The van der Waals surface area contributed by atoms with E-state index in [4.69, 9.17) is 4.74 Å². The molecule has 5 nitrogen and oxygen atoms in total. The van der Waals surface area contributed by atoms with Gasteiger partial charge in [0.2, 0.25) is 0 Å². The standard InChI is InChI=1S/C25H28N2O3/c1-30-24-9-5-4-8-21(24)17-12-13-26-20(14-17)7-3-2-6-19-16-27-23-11-10-18(25(28)29)15-22(19)23/h4-5,8-12,15-16,20,26-27H,2-3,6-7,13-14H2,1H3,(H,28,29). The molecule has 0 radical (unpaired) electrons. The molecule has 0 spiro atoms. The Labute approximate surface area is 176 Å². The van der Waals surface area contributed by atoms with Crippen molar-refractivity contribution in [3.05, 3.63) is 71.4 Å². The van der Waals surface area contributed by atoms with Gasteiger partial charge in [0.25, 0.3) is 0 Å². The maximum Gasteiger partial charge on any atom is 0.335 e. The summed E-state index contributed by atoms with van der Waals surface area (Å²) in [6, 6.07) is 14.0. The molecule has 1 unspecified atom stereocenters. The third-order valence-electron chi connectivity index (χ3n) is 5.94. The van der Waals surface area contributed by atoms with Crippen molar-refractivity contribution in [3.63, 3.8) is 0 Å². The number of methoxy groups -OCH3 is 1. The number of carbonyl (C=O) groups is 1. The molecule has 1 atom stereocenters. The van der Waals surface area contributed by atoms with Crippen LogP contribution in [-0.2, 0) is 6.42 Å². The number of carboxylic acid groups (broad SMARTS) is 1. The zero-order valence-electron chi connectivity index (χ0n) is 17.3. The van der Waals surface area contributed by atoms with Crippen LogP contribution >= 0.6 is 0 Å². The molecule has 1 aliphatic rings. The predicted octanol–water partition coefficient (Wildman–Crippen LogP) is 5.03. The number of H-pyrrole nitrogens is 1. The van der Waals surface area contributed by atoms with Crippen molar-refractivity contribution in [2.24, 2.45) is 0 Å². The van der Waals surface area contributed by atoms with Gasteiger partial charge in [0, 0.05) is 35.2 Å². The van der Waals surface area contributed by atoms with Crippen molar-refractivity contribution < 1.29 is 14.6 Å². The number of unbranched alkanes of at least 4 members (excludes halogenated alkanes) is 1. The molecule has 3 aromatic rings. The van der Waals surface area contributed by atoms with Gasteiger partial charge in [0.05, 0.1) is 12.7 Å². The SMILES string of the molecule is COc1ccccc1C1=CCNC(CCCCc2c[nH]c3ccc(C(=O)O)cc23)C1. The number of carboxylic acids is 1. The first-order valence-corrected chi connectivity index (χ1v) is 10.5. The van der Waals surface area contributed by atoms with E-state index < -0.39 is 5.97 Å². The smallest absolute Gasteiger partial charge is 0.335 e. The molecular formula is C25H28N2O3. The summed E-state index contributed by atoms with van der Waals surface area (Å²) < 4.78 is 5.53. The second-order valence-corrected chi connectivity index (χ2v) is 7.86. The first-order valence-electron chi connectivity index (χ1n) is 10.5. The van der Waals surface area contributed by atoms with Gasteiger partial charge in [-0.25, -0.2) is 4.79 Å². The molecule has 0 amide bonds. The van der Waals surface area contributed by atoms with Crippen molar-refractivity contribution in [2.75, 3.05) is 13.7 Å². The van der Waals surface area contributed by atoms with Crippen LogP contribution in [-0.4, -0.2) is 35.8 Å². The molecule has 0 saturated carbocycles. The van der Waals surface area contributed by atoms with Gasteiger partial charge in [-0.15, -0.1) is 0 Å². The summed E-state index contributed by atoms with van der Waals surface area (Å²) in [7, 11) is 1.72. The molecule has 0 fully saturated rings. The molecule has 1 aromatic heterocycles. The van der Waals surface area contributed by atoms with Crippen LogP contribution < -0.4 is 10.1 Å². The van der Waals surface area contributed by atoms with Gasteiger partial charge < -0.3 is 20.1 Å². The van der Waals surface area contributed by atoms with E-state index in [2.05, 4.69) is 28.5 Å². The second kappa shape index (κ2) is 9.18. The number of rotatable bonds is 8. The third-order valence-corrected chi connectivity index (χ3v) is 5.94. The Morgan fingerprint density at radius 3 is 2.90 bits per heavy atom. The Bertz CT molecular complexity index is 1070. The molecule has 0 bridgehead atoms. The largest absolute Gasteiger partial charge is 0.496 e. The van der Waals surface area contributed by atoms with Gasteiger partial charge in [-0.1, -0.05) is 30.7 Å². The van der Waals surface area contributed by atoms with E-state index in [1.165, 1.54) is 16.7 Å². The van der Waals surface area contributed by atoms with Crippen LogP contribution in [0.2, 0.25) is 0 Å². The summed E-state index contributed by atoms with van der Waals surface area (Å²) in [5, 5.41) is 13.9. The Hall–Kier alpha value is -3.05. The lowest BCUT2D eigenvalue weighted by Gasteiger charge is -2.25. The number of fused-ring (bicyclic) bond motifs is 1. The van der Waals surface area contributed by atoms with Crippen LogP contribution in [0.4, 0.5) is 0 Å². The highest BCUT2D eigenvalue weighted by molar-refractivity contribution is 5.94. The summed E-state index contributed by atoms with van der Waals surface area (Å²) in [6.07, 6.45) is 9.56. The number of benzene rings is 2. The number of nitrogens with one attached hydrogen (secondary N) is 2. The highest BCUT2D eigenvalue weighted by Gasteiger charge is 2.18. The van der Waals surface area contributed by atoms with E-state index in [0.29, 0.717) is 11.6 Å². The lowest BCUT2D eigenvalue weighted by molar-refractivity contribution is 0.0697. The van der Waals surface area contributed by atoms with Crippen molar-refractivity contribution in [1.29, 1.82) is 0 Å². The number of aromatic nitrogens is 1. The van der Waals surface area contributed by atoms with Crippen LogP contribution in [0.25, 0.3) is 16.5 Å². The number of hydrogen-bond acceptors (Lipinski definition) is 3. The summed E-state index contributed by atoms with van der Waals surface area (Å²) >= 11 is 0. The maximum atomic E-state index is 11.3. The van der Waals surface area contributed by atoms with Gasteiger partial charge in [-0.2, -0.15) is 0 Å². The van der Waals surface area contributed by atoms with Crippen molar-refractivity contribution in [3.8, 4) is 5.75 Å². The Kier molecular flexibility index (Phi) is 6.19. The van der Waals surface area contributed by atoms with E-state index in [0.717, 1.165) is 55.3 Å². The molecule has 0 saturated heterocycles. The van der Waals surface area contributed by atoms with Gasteiger partial charge >= 0.3 is 5.97 Å². The van der Waals surface area contributed by atoms with Crippen LogP contribution in [0.5, 0.6) is 5.75 Å². The average Bonchev–Trinajstić information content (AvgIpc) is 3.19. The zero-order valence-corrected chi connectivity index (χ0v) is 17.3. The topological polar surface area (TPSA) is 74.3 Å². The number of ether oxygens (including phenoxy) is 1. The number of aryl methyl sites for hydroxylation is 1. The molecule has 3 N–H and O–H groups in total. The van der Waals surface area contributed by atoms with E-state index in [1.807, 2.05) is 24.4 Å². The van der Waals surface area contributed by atoms with Crippen LogP contribution in [0, 0.1) is 0 Å². The van der Waals surface area contributed by atoms with Gasteiger partial charge in [-0.05, 0) is 61.1 Å². The molecule has 30 heavy (non-hydrogen) atoms. The predicted molar refractivity (Wildman–Crippen MR) is 120 cm³/mol. The molecule has 0 aliphatic carbocycles. The highest BCUT2D eigenvalue weighted by atomic mass is 16.5. The summed E-state index contributed by atoms with van der Waals surface area (Å²) in [4.78, 5) is 14.5. The fourth-order valence-corrected chi connectivity index (χ4v) is 4.33. The highest BCUT2D eigenvalue weighted by Crippen LogP contribution is 2.31. The minimum Gasteiger partial charge on any atom is -0.496 e. The first-order chi connectivity index (χ1) is 14.7. The molecule has 2 heterocycles.